The molecule has 0 unspecified atom stereocenters. The molecule has 224 valence electrons. The molecule has 0 aromatic rings. The SMILES string of the molecule is C=C(C)[C@@H]1CC[C@]2(C(=O)N[C@@H](C)C(=O)O)CC[C@]3(C)[C@H](CC[C@@H]4[C@@]5(C)CC[C@@H](O)[C@@](C)(C(=O)O)[C@@H]5CC[C@]43C)[C@@H]12. The fraction of sp³-hybridized carbons (Fsp3) is 0.848. The molecule has 0 heterocycles. The van der Waals surface area contributed by atoms with Crippen molar-refractivity contribution in [2.24, 2.45) is 56.7 Å². The van der Waals surface area contributed by atoms with Crippen molar-refractivity contribution in [2.75, 3.05) is 0 Å². The topological polar surface area (TPSA) is 124 Å². The predicted molar refractivity (Wildman–Crippen MR) is 152 cm³/mol. The molecule has 1 amide bonds. The Morgan fingerprint density at radius 3 is 2.12 bits per heavy atom. The molecule has 0 aromatic carbocycles. The molecule has 5 aliphatic rings. The van der Waals surface area contributed by atoms with E-state index in [4.69, 9.17) is 0 Å². The van der Waals surface area contributed by atoms with E-state index in [-0.39, 0.29) is 39.9 Å². The van der Waals surface area contributed by atoms with E-state index < -0.39 is 34.9 Å². The minimum absolute atomic E-state index is 0.0118. The number of allylic oxidation sites excluding steroid dienone is 1. The zero-order valence-corrected chi connectivity index (χ0v) is 25.4. The fourth-order valence-electron chi connectivity index (χ4n) is 11.9. The lowest BCUT2D eigenvalue weighted by molar-refractivity contribution is -0.249. The fourth-order valence-corrected chi connectivity index (χ4v) is 11.9. The molecule has 7 heteroatoms. The Morgan fingerprint density at radius 2 is 1.52 bits per heavy atom. The molecule has 7 nitrogen and oxygen atoms in total. The Hall–Kier alpha value is -1.89. The van der Waals surface area contributed by atoms with E-state index >= 15 is 0 Å². The molecule has 0 bridgehead atoms. The summed E-state index contributed by atoms with van der Waals surface area (Å²) >= 11 is 0. The van der Waals surface area contributed by atoms with E-state index in [9.17, 15) is 29.7 Å². The first kappa shape index (κ1) is 29.6. The molecule has 5 aliphatic carbocycles. The maximum atomic E-state index is 13.9. The van der Waals surface area contributed by atoms with Crippen LogP contribution in [0.2, 0.25) is 0 Å². The van der Waals surface area contributed by atoms with Gasteiger partial charge in [-0.3, -0.25) is 14.4 Å². The van der Waals surface area contributed by atoms with Crippen molar-refractivity contribution in [3.8, 4) is 0 Å². The molecular formula is C33H51NO6. The summed E-state index contributed by atoms with van der Waals surface area (Å²) in [7, 11) is 0. The van der Waals surface area contributed by atoms with Crippen LogP contribution in [0.25, 0.3) is 0 Å². The second kappa shape index (κ2) is 9.31. The molecule has 5 saturated carbocycles. The highest BCUT2D eigenvalue weighted by atomic mass is 16.4. The first-order valence-electron chi connectivity index (χ1n) is 15.6. The molecular weight excluding hydrogens is 506 g/mol. The minimum atomic E-state index is -1.14. The second-order valence-electron chi connectivity index (χ2n) is 15.5. The van der Waals surface area contributed by atoms with E-state index in [0.29, 0.717) is 18.3 Å². The Bertz CT molecular complexity index is 1120. The molecule has 0 saturated heterocycles. The van der Waals surface area contributed by atoms with Crippen molar-refractivity contribution < 1.29 is 29.7 Å². The molecule has 0 aliphatic heterocycles. The molecule has 0 radical (unpaired) electrons. The highest BCUT2D eigenvalue weighted by molar-refractivity contribution is 5.88. The van der Waals surface area contributed by atoms with Crippen molar-refractivity contribution in [1.29, 1.82) is 0 Å². The predicted octanol–water partition coefficient (Wildman–Crippen LogP) is 5.66. The number of fused-ring (bicyclic) bond motifs is 7. The number of rotatable bonds is 5. The Balaban J connectivity index is 1.54. The average Bonchev–Trinajstić information content (AvgIpc) is 3.28. The highest BCUT2D eigenvalue weighted by Gasteiger charge is 2.73. The van der Waals surface area contributed by atoms with Crippen LogP contribution < -0.4 is 5.32 Å². The van der Waals surface area contributed by atoms with Crippen molar-refractivity contribution >= 4 is 17.8 Å². The lowest BCUT2D eigenvalue weighted by Crippen LogP contribution is -2.68. The number of hydrogen-bond acceptors (Lipinski definition) is 4. The third-order valence-electron chi connectivity index (χ3n) is 14.3. The maximum absolute atomic E-state index is 13.9. The summed E-state index contributed by atoms with van der Waals surface area (Å²) in [6.07, 6.45) is 7.61. The van der Waals surface area contributed by atoms with Crippen LogP contribution in [0.3, 0.4) is 0 Å². The third kappa shape index (κ3) is 3.61. The molecule has 5 fully saturated rings. The number of carbonyl (C=O) groups excluding carboxylic acids is 1. The second-order valence-corrected chi connectivity index (χ2v) is 15.5. The van der Waals surface area contributed by atoms with Gasteiger partial charge >= 0.3 is 11.9 Å². The van der Waals surface area contributed by atoms with Crippen molar-refractivity contribution in [3.05, 3.63) is 12.2 Å². The quantitative estimate of drug-likeness (QED) is 0.324. The first-order chi connectivity index (χ1) is 18.5. The van der Waals surface area contributed by atoms with E-state index in [1.165, 1.54) is 0 Å². The number of nitrogens with one attached hydrogen (secondary N) is 1. The summed E-state index contributed by atoms with van der Waals surface area (Å²) in [4.78, 5) is 38.2. The Labute approximate surface area is 239 Å². The number of hydrogen-bond donors (Lipinski definition) is 4. The number of carboxylic acid groups (broad SMARTS) is 2. The van der Waals surface area contributed by atoms with Gasteiger partial charge in [0.2, 0.25) is 5.91 Å². The van der Waals surface area contributed by atoms with Gasteiger partial charge in [-0.1, -0.05) is 32.9 Å². The van der Waals surface area contributed by atoms with Gasteiger partial charge in [0.15, 0.2) is 0 Å². The van der Waals surface area contributed by atoms with Gasteiger partial charge in [-0.15, -0.1) is 0 Å². The number of aliphatic hydroxyl groups is 1. The standard InChI is InChI=1S/C33H51NO6/c1-18(2)20-10-15-33(27(38)34-19(3)26(36)37)17-16-30(5)21(25(20)33)8-9-22-29(4)13-12-24(35)32(7,28(39)40)23(29)11-14-31(22,30)6/h19-25,35H,1,8-17H2,2-7H3,(H,34,38)(H,36,37)(H,39,40)/t19-,20-,21+,22+,23+,24+,25+,29+,30+,31+,32-,33-/m0/s1. The van der Waals surface area contributed by atoms with Gasteiger partial charge in [0.05, 0.1) is 16.9 Å². The monoisotopic (exact) mass is 557 g/mol. The van der Waals surface area contributed by atoms with Crippen LogP contribution in [0.5, 0.6) is 0 Å². The molecule has 40 heavy (non-hydrogen) atoms. The summed E-state index contributed by atoms with van der Waals surface area (Å²) in [5, 5.41) is 33.7. The number of aliphatic carboxylic acids is 2. The number of carbonyl (C=O) groups is 3. The van der Waals surface area contributed by atoms with Gasteiger partial charge < -0.3 is 20.6 Å². The first-order valence-corrected chi connectivity index (χ1v) is 15.6. The summed E-state index contributed by atoms with van der Waals surface area (Å²) < 4.78 is 0. The molecule has 5 rings (SSSR count). The normalized spacial score (nSPS) is 50.4. The third-order valence-corrected chi connectivity index (χ3v) is 14.3. The maximum Gasteiger partial charge on any atom is 0.325 e. The Morgan fingerprint density at radius 1 is 0.850 bits per heavy atom. The number of aliphatic hydroxyl groups excluding tert-OH is 1. The zero-order chi connectivity index (χ0) is 29.6. The summed E-state index contributed by atoms with van der Waals surface area (Å²) in [6, 6.07) is -0.923. The van der Waals surface area contributed by atoms with E-state index in [2.05, 4.69) is 39.6 Å². The van der Waals surface area contributed by atoms with Crippen LogP contribution in [0.15, 0.2) is 12.2 Å². The van der Waals surface area contributed by atoms with Crippen molar-refractivity contribution in [3.63, 3.8) is 0 Å². The van der Waals surface area contributed by atoms with Crippen LogP contribution in [0.1, 0.15) is 106 Å². The lowest BCUT2D eigenvalue weighted by atomic mass is 9.32. The lowest BCUT2D eigenvalue weighted by Gasteiger charge is -2.72. The van der Waals surface area contributed by atoms with Gasteiger partial charge in [-0.25, -0.2) is 0 Å². The average molecular weight is 558 g/mol. The number of carboxylic acids is 2. The van der Waals surface area contributed by atoms with Gasteiger partial charge in [-0.2, -0.15) is 0 Å². The van der Waals surface area contributed by atoms with Crippen molar-refractivity contribution in [2.45, 2.75) is 118 Å². The van der Waals surface area contributed by atoms with Gasteiger partial charge in [0.25, 0.3) is 0 Å². The smallest absolute Gasteiger partial charge is 0.325 e. The Kier molecular flexibility index (Phi) is 6.89. The van der Waals surface area contributed by atoms with Crippen LogP contribution in [-0.2, 0) is 14.4 Å². The van der Waals surface area contributed by atoms with Crippen molar-refractivity contribution in [1.82, 2.24) is 5.32 Å². The van der Waals surface area contributed by atoms with Gasteiger partial charge in [0, 0.05) is 0 Å². The van der Waals surface area contributed by atoms with Crippen LogP contribution in [-0.4, -0.2) is 45.3 Å². The minimum Gasteiger partial charge on any atom is -0.481 e. The highest BCUT2D eigenvalue weighted by Crippen LogP contribution is 2.77. The zero-order valence-electron chi connectivity index (χ0n) is 25.4. The van der Waals surface area contributed by atoms with Crippen LogP contribution in [0, 0.1) is 56.7 Å². The van der Waals surface area contributed by atoms with Gasteiger partial charge in [-0.05, 0) is 131 Å². The summed E-state index contributed by atoms with van der Waals surface area (Å²) in [5.74, 6) is -1.02. The molecule has 4 N–H and O–H groups in total. The molecule has 0 aromatic heterocycles. The summed E-state index contributed by atoms with van der Waals surface area (Å²) in [6.45, 7) is 17.0. The van der Waals surface area contributed by atoms with E-state index in [0.717, 1.165) is 63.4 Å². The molecule has 0 spiro atoms. The summed E-state index contributed by atoms with van der Waals surface area (Å²) in [5.41, 5.74) is -0.787. The largest absolute Gasteiger partial charge is 0.481 e. The van der Waals surface area contributed by atoms with Crippen LogP contribution >= 0.6 is 0 Å². The van der Waals surface area contributed by atoms with Crippen LogP contribution in [0.4, 0.5) is 0 Å². The van der Waals surface area contributed by atoms with Gasteiger partial charge in [0.1, 0.15) is 6.04 Å². The van der Waals surface area contributed by atoms with E-state index in [1.807, 2.05) is 0 Å². The molecule has 12 atom stereocenters. The number of amides is 1. The van der Waals surface area contributed by atoms with E-state index in [1.54, 1.807) is 13.8 Å².